The minimum absolute atomic E-state index is 0.112. The van der Waals surface area contributed by atoms with Gasteiger partial charge in [-0.05, 0) is 30.9 Å². The molecule has 0 saturated heterocycles. The van der Waals surface area contributed by atoms with E-state index in [0.29, 0.717) is 6.42 Å². The zero-order chi connectivity index (χ0) is 14.7. The summed E-state index contributed by atoms with van der Waals surface area (Å²) in [6, 6.07) is 18.7. The maximum absolute atomic E-state index is 12.1. The molecule has 1 fully saturated rings. The maximum atomic E-state index is 12.1. The van der Waals surface area contributed by atoms with Crippen LogP contribution in [0.3, 0.4) is 0 Å². The number of carbonyl (C=O) groups excluding carboxylic acids is 1. The zero-order valence-electron chi connectivity index (χ0n) is 12.4. The van der Waals surface area contributed by atoms with Crippen LogP contribution in [0.1, 0.15) is 29.5 Å². The summed E-state index contributed by atoms with van der Waals surface area (Å²) in [5.74, 6) is 0.112. The average molecular weight is 279 g/mol. The minimum Gasteiger partial charge on any atom is -0.355 e. The lowest BCUT2D eigenvalue weighted by Crippen LogP contribution is -2.33. The fraction of sp³-hybridized carbons (Fsp3) is 0.316. The van der Waals surface area contributed by atoms with E-state index < -0.39 is 0 Å². The van der Waals surface area contributed by atoms with Crippen molar-refractivity contribution in [3.05, 3.63) is 71.3 Å². The van der Waals surface area contributed by atoms with Crippen LogP contribution in [0.5, 0.6) is 0 Å². The van der Waals surface area contributed by atoms with Crippen LogP contribution in [0.15, 0.2) is 54.6 Å². The van der Waals surface area contributed by atoms with Gasteiger partial charge < -0.3 is 5.32 Å². The highest BCUT2D eigenvalue weighted by Gasteiger charge is 2.44. The highest BCUT2D eigenvalue weighted by Crippen LogP contribution is 2.47. The van der Waals surface area contributed by atoms with E-state index >= 15 is 0 Å². The van der Waals surface area contributed by atoms with Gasteiger partial charge >= 0.3 is 0 Å². The van der Waals surface area contributed by atoms with Gasteiger partial charge in [0.1, 0.15) is 0 Å². The Hall–Kier alpha value is -2.09. The quantitative estimate of drug-likeness (QED) is 0.893. The van der Waals surface area contributed by atoms with E-state index in [2.05, 4.69) is 48.6 Å². The van der Waals surface area contributed by atoms with Crippen molar-refractivity contribution >= 4 is 5.91 Å². The molecular formula is C19H21NO. The number of amides is 1. The van der Waals surface area contributed by atoms with Crippen molar-refractivity contribution in [1.29, 1.82) is 0 Å². The molecular weight excluding hydrogens is 258 g/mol. The van der Waals surface area contributed by atoms with Crippen molar-refractivity contribution in [2.75, 3.05) is 6.54 Å². The largest absolute Gasteiger partial charge is 0.355 e. The molecule has 1 aliphatic carbocycles. The first-order valence-corrected chi connectivity index (χ1v) is 7.56. The van der Waals surface area contributed by atoms with Crippen LogP contribution in [0.2, 0.25) is 0 Å². The zero-order valence-corrected chi connectivity index (χ0v) is 12.4. The lowest BCUT2D eigenvalue weighted by molar-refractivity contribution is -0.120. The summed E-state index contributed by atoms with van der Waals surface area (Å²) in [5.41, 5.74) is 3.83. The molecule has 3 rings (SSSR count). The summed E-state index contributed by atoms with van der Waals surface area (Å²) in [5, 5.41) is 3.11. The van der Waals surface area contributed by atoms with Crippen LogP contribution in [0.25, 0.3) is 0 Å². The Balaban J connectivity index is 1.56. The number of nitrogens with one attached hydrogen (secondary N) is 1. The molecule has 0 spiro atoms. The number of aryl methyl sites for hydroxylation is 1. The number of hydrogen-bond acceptors (Lipinski definition) is 1. The van der Waals surface area contributed by atoms with Crippen molar-refractivity contribution in [2.24, 2.45) is 0 Å². The Bertz CT molecular complexity index is 612. The highest BCUT2D eigenvalue weighted by molar-refractivity contribution is 5.78. The minimum atomic E-state index is 0.112. The van der Waals surface area contributed by atoms with Crippen LogP contribution < -0.4 is 5.32 Å². The van der Waals surface area contributed by atoms with E-state index in [0.717, 1.165) is 12.1 Å². The van der Waals surface area contributed by atoms with Gasteiger partial charge in [-0.15, -0.1) is 0 Å². The Morgan fingerprint density at radius 2 is 1.71 bits per heavy atom. The SMILES string of the molecule is Cc1ccc(CC(=O)NCC2(c3ccccc3)CC2)cc1. The summed E-state index contributed by atoms with van der Waals surface area (Å²) in [6.45, 7) is 2.81. The number of rotatable bonds is 5. The molecule has 0 unspecified atom stereocenters. The topological polar surface area (TPSA) is 29.1 Å². The van der Waals surface area contributed by atoms with Gasteiger partial charge in [0, 0.05) is 12.0 Å². The molecule has 1 saturated carbocycles. The third kappa shape index (κ3) is 3.33. The monoisotopic (exact) mass is 279 g/mol. The Labute approximate surface area is 126 Å². The summed E-state index contributed by atoms with van der Waals surface area (Å²) >= 11 is 0. The Morgan fingerprint density at radius 1 is 1.05 bits per heavy atom. The first kappa shape index (κ1) is 13.9. The van der Waals surface area contributed by atoms with E-state index in [1.807, 2.05) is 18.2 Å². The molecule has 108 valence electrons. The summed E-state index contributed by atoms with van der Waals surface area (Å²) < 4.78 is 0. The van der Waals surface area contributed by atoms with Crippen molar-refractivity contribution in [1.82, 2.24) is 5.32 Å². The third-order valence-electron chi connectivity index (χ3n) is 4.35. The van der Waals surface area contributed by atoms with Crippen molar-refractivity contribution in [2.45, 2.75) is 31.6 Å². The van der Waals surface area contributed by atoms with Gasteiger partial charge in [-0.25, -0.2) is 0 Å². The molecule has 0 atom stereocenters. The molecule has 21 heavy (non-hydrogen) atoms. The number of hydrogen-bond donors (Lipinski definition) is 1. The van der Waals surface area contributed by atoms with Crippen LogP contribution in [0.4, 0.5) is 0 Å². The Kier molecular flexibility index (Phi) is 3.78. The molecule has 2 aromatic carbocycles. The smallest absolute Gasteiger partial charge is 0.224 e. The summed E-state index contributed by atoms with van der Waals surface area (Å²) in [4.78, 5) is 12.1. The first-order valence-electron chi connectivity index (χ1n) is 7.56. The van der Waals surface area contributed by atoms with E-state index in [-0.39, 0.29) is 11.3 Å². The van der Waals surface area contributed by atoms with Gasteiger partial charge in [0.25, 0.3) is 0 Å². The molecule has 0 heterocycles. The second-order valence-corrected chi connectivity index (χ2v) is 6.09. The normalized spacial score (nSPS) is 15.5. The first-order chi connectivity index (χ1) is 10.2. The van der Waals surface area contributed by atoms with Gasteiger partial charge in [-0.1, -0.05) is 60.2 Å². The molecule has 2 nitrogen and oxygen atoms in total. The van der Waals surface area contributed by atoms with Gasteiger partial charge in [0.2, 0.25) is 5.91 Å². The Morgan fingerprint density at radius 3 is 2.33 bits per heavy atom. The molecule has 2 aromatic rings. The highest BCUT2D eigenvalue weighted by atomic mass is 16.1. The second kappa shape index (κ2) is 5.72. The van der Waals surface area contributed by atoms with Crippen molar-refractivity contribution in [3.8, 4) is 0 Å². The van der Waals surface area contributed by atoms with Crippen LogP contribution >= 0.6 is 0 Å². The fourth-order valence-corrected chi connectivity index (χ4v) is 2.73. The summed E-state index contributed by atoms with van der Waals surface area (Å²) in [7, 11) is 0. The molecule has 0 radical (unpaired) electrons. The molecule has 1 aliphatic rings. The molecule has 0 aromatic heterocycles. The molecule has 1 amide bonds. The maximum Gasteiger partial charge on any atom is 0.224 e. The number of benzene rings is 2. The van der Waals surface area contributed by atoms with E-state index in [9.17, 15) is 4.79 Å². The van der Waals surface area contributed by atoms with Crippen molar-refractivity contribution < 1.29 is 4.79 Å². The summed E-state index contributed by atoms with van der Waals surface area (Å²) in [6.07, 6.45) is 2.80. The van der Waals surface area contributed by atoms with Gasteiger partial charge in [0.05, 0.1) is 6.42 Å². The lowest BCUT2D eigenvalue weighted by atomic mass is 9.96. The van der Waals surface area contributed by atoms with Crippen molar-refractivity contribution in [3.63, 3.8) is 0 Å². The van der Waals surface area contributed by atoms with Crippen LogP contribution in [-0.4, -0.2) is 12.5 Å². The van der Waals surface area contributed by atoms with E-state index in [1.165, 1.54) is 24.0 Å². The predicted molar refractivity (Wildman–Crippen MR) is 85.2 cm³/mol. The molecule has 2 heteroatoms. The van der Waals surface area contributed by atoms with Gasteiger partial charge in [-0.2, -0.15) is 0 Å². The van der Waals surface area contributed by atoms with Crippen LogP contribution in [0, 0.1) is 6.92 Å². The molecule has 0 bridgehead atoms. The predicted octanol–water partition coefficient (Wildman–Crippen LogP) is 3.39. The lowest BCUT2D eigenvalue weighted by Gasteiger charge is -2.16. The van der Waals surface area contributed by atoms with Gasteiger partial charge in [0.15, 0.2) is 0 Å². The number of carbonyl (C=O) groups is 1. The second-order valence-electron chi connectivity index (χ2n) is 6.09. The van der Waals surface area contributed by atoms with Crippen LogP contribution in [-0.2, 0) is 16.6 Å². The average Bonchev–Trinajstić information content (AvgIpc) is 3.30. The van der Waals surface area contributed by atoms with E-state index in [4.69, 9.17) is 0 Å². The molecule has 0 aliphatic heterocycles. The molecule has 1 N–H and O–H groups in total. The third-order valence-corrected chi connectivity index (χ3v) is 4.35. The van der Waals surface area contributed by atoms with E-state index in [1.54, 1.807) is 0 Å². The fourth-order valence-electron chi connectivity index (χ4n) is 2.73. The standard InChI is InChI=1S/C19H21NO/c1-15-7-9-16(10-8-15)13-18(21)20-14-19(11-12-19)17-5-3-2-4-6-17/h2-10H,11-14H2,1H3,(H,20,21). The van der Waals surface area contributed by atoms with Gasteiger partial charge in [-0.3, -0.25) is 4.79 Å².